The molecule has 0 atom stereocenters. The summed E-state index contributed by atoms with van der Waals surface area (Å²) in [4.78, 5) is 23.9. The quantitative estimate of drug-likeness (QED) is 0.763. The summed E-state index contributed by atoms with van der Waals surface area (Å²) >= 11 is 0. The van der Waals surface area contributed by atoms with Crippen LogP contribution in [0.5, 0.6) is 0 Å². The summed E-state index contributed by atoms with van der Waals surface area (Å²) in [7, 11) is 0. The Balaban J connectivity index is 2.44. The van der Waals surface area contributed by atoms with Gasteiger partial charge in [-0.25, -0.2) is 4.79 Å². The first-order chi connectivity index (χ1) is 7.63. The molecule has 82 valence electrons. The van der Waals surface area contributed by atoms with E-state index in [0.717, 1.165) is 12.0 Å². The van der Waals surface area contributed by atoms with Gasteiger partial charge in [0.2, 0.25) is 5.91 Å². The van der Waals surface area contributed by atoms with Crippen LogP contribution in [0.25, 0.3) is 0 Å². The van der Waals surface area contributed by atoms with Crippen LogP contribution in [0.4, 0.5) is 5.69 Å². The van der Waals surface area contributed by atoms with Crippen molar-refractivity contribution in [3.05, 3.63) is 42.0 Å². The van der Waals surface area contributed by atoms with E-state index in [0.29, 0.717) is 12.2 Å². The predicted octanol–water partition coefficient (Wildman–Crippen LogP) is 1.46. The van der Waals surface area contributed by atoms with Gasteiger partial charge in [-0.2, -0.15) is 0 Å². The maximum Gasteiger partial charge on any atom is 0.335 e. The fourth-order valence-electron chi connectivity index (χ4n) is 1.85. The average molecular weight is 217 g/mol. The monoisotopic (exact) mass is 217 g/mol. The molecule has 1 aromatic carbocycles. The van der Waals surface area contributed by atoms with Gasteiger partial charge in [0.15, 0.2) is 0 Å². The van der Waals surface area contributed by atoms with Crippen LogP contribution in [0.1, 0.15) is 15.9 Å². The molecule has 1 aliphatic rings. The number of aromatic carboxylic acids is 1. The van der Waals surface area contributed by atoms with Crippen molar-refractivity contribution in [3.63, 3.8) is 0 Å². The van der Waals surface area contributed by atoms with Gasteiger partial charge in [-0.1, -0.05) is 12.6 Å². The number of carboxylic acid groups (broad SMARTS) is 1. The van der Waals surface area contributed by atoms with Gasteiger partial charge in [0.1, 0.15) is 0 Å². The summed E-state index contributed by atoms with van der Waals surface area (Å²) in [5.74, 6) is -1.18. The summed E-state index contributed by atoms with van der Waals surface area (Å²) in [6, 6.07) is 4.85. The number of nitrogens with zero attached hydrogens (tertiary/aromatic N) is 1. The number of hydrogen-bond acceptors (Lipinski definition) is 2. The van der Waals surface area contributed by atoms with E-state index in [2.05, 4.69) is 6.58 Å². The summed E-state index contributed by atoms with van der Waals surface area (Å²) in [6.45, 7) is 4.01. The molecule has 1 N–H and O–H groups in total. The van der Waals surface area contributed by atoms with Gasteiger partial charge in [0.25, 0.3) is 0 Å². The minimum atomic E-state index is -0.985. The van der Waals surface area contributed by atoms with Crippen molar-refractivity contribution < 1.29 is 14.7 Å². The van der Waals surface area contributed by atoms with Gasteiger partial charge >= 0.3 is 5.97 Å². The Kier molecular flexibility index (Phi) is 2.48. The Hall–Kier alpha value is -2.10. The fraction of sp³-hybridized carbons (Fsp3) is 0.167. The van der Waals surface area contributed by atoms with E-state index in [1.807, 2.05) is 0 Å². The highest BCUT2D eigenvalue weighted by Crippen LogP contribution is 2.29. The van der Waals surface area contributed by atoms with Crippen LogP contribution in [0.3, 0.4) is 0 Å². The van der Waals surface area contributed by atoms with Crippen molar-refractivity contribution in [2.45, 2.75) is 6.42 Å². The van der Waals surface area contributed by atoms with Gasteiger partial charge < -0.3 is 10.0 Å². The number of anilines is 1. The standard InChI is InChI=1S/C12H11NO3/c1-2-11(14)13-6-5-8-3-4-9(12(15)16)7-10(8)13/h2-4,7H,1,5-6H2,(H,15,16). The average Bonchev–Trinajstić information content (AvgIpc) is 2.70. The van der Waals surface area contributed by atoms with Gasteiger partial charge in [-0.05, 0) is 30.2 Å². The second kappa shape index (κ2) is 3.81. The third-order valence-corrected chi connectivity index (χ3v) is 2.67. The zero-order valence-electron chi connectivity index (χ0n) is 8.64. The molecule has 1 amide bonds. The van der Waals surface area contributed by atoms with E-state index < -0.39 is 5.97 Å². The second-order valence-electron chi connectivity index (χ2n) is 3.59. The molecule has 0 bridgehead atoms. The van der Waals surface area contributed by atoms with Crippen LogP contribution in [0.15, 0.2) is 30.9 Å². The molecular formula is C12H11NO3. The Bertz CT molecular complexity index is 479. The molecule has 0 aliphatic carbocycles. The smallest absolute Gasteiger partial charge is 0.335 e. The number of carboxylic acids is 1. The fourth-order valence-corrected chi connectivity index (χ4v) is 1.85. The molecule has 0 saturated carbocycles. The van der Waals surface area contributed by atoms with Crippen molar-refractivity contribution in [1.82, 2.24) is 0 Å². The molecule has 2 rings (SSSR count). The molecule has 0 spiro atoms. The minimum absolute atomic E-state index is 0.193. The third kappa shape index (κ3) is 1.58. The highest BCUT2D eigenvalue weighted by atomic mass is 16.4. The lowest BCUT2D eigenvalue weighted by atomic mass is 10.1. The first kappa shape index (κ1) is 10.4. The SMILES string of the molecule is C=CC(=O)N1CCc2ccc(C(=O)O)cc21. The Labute approximate surface area is 92.8 Å². The van der Waals surface area contributed by atoms with Crippen LogP contribution in [0, 0.1) is 0 Å². The van der Waals surface area contributed by atoms with Crippen molar-refractivity contribution in [1.29, 1.82) is 0 Å². The third-order valence-electron chi connectivity index (χ3n) is 2.67. The molecular weight excluding hydrogens is 206 g/mol. The molecule has 16 heavy (non-hydrogen) atoms. The number of carbonyl (C=O) groups is 2. The van der Waals surface area contributed by atoms with Gasteiger partial charge in [-0.3, -0.25) is 4.79 Å². The number of carbonyl (C=O) groups excluding carboxylic acids is 1. The van der Waals surface area contributed by atoms with E-state index in [9.17, 15) is 9.59 Å². The Morgan fingerprint density at radius 2 is 2.19 bits per heavy atom. The normalized spacial score (nSPS) is 13.4. The van der Waals surface area contributed by atoms with E-state index in [-0.39, 0.29) is 11.5 Å². The second-order valence-corrected chi connectivity index (χ2v) is 3.59. The van der Waals surface area contributed by atoms with E-state index >= 15 is 0 Å². The lowest BCUT2D eigenvalue weighted by molar-refractivity contribution is -0.114. The number of benzene rings is 1. The van der Waals surface area contributed by atoms with Crippen LogP contribution < -0.4 is 4.90 Å². The van der Waals surface area contributed by atoms with Crippen molar-refractivity contribution in [3.8, 4) is 0 Å². The molecule has 1 heterocycles. The predicted molar refractivity (Wildman–Crippen MR) is 59.7 cm³/mol. The summed E-state index contributed by atoms with van der Waals surface area (Å²) in [6.07, 6.45) is 2.00. The number of amides is 1. The summed E-state index contributed by atoms with van der Waals surface area (Å²) in [5.41, 5.74) is 1.88. The van der Waals surface area contributed by atoms with Crippen molar-refractivity contribution in [2.75, 3.05) is 11.4 Å². The first-order valence-electron chi connectivity index (χ1n) is 4.93. The maximum atomic E-state index is 11.5. The molecule has 0 unspecified atom stereocenters. The summed E-state index contributed by atoms with van der Waals surface area (Å²) in [5, 5.41) is 8.87. The molecule has 0 radical (unpaired) electrons. The Morgan fingerprint density at radius 3 is 2.81 bits per heavy atom. The van der Waals surface area contributed by atoms with Crippen LogP contribution in [-0.2, 0) is 11.2 Å². The number of rotatable bonds is 2. The highest BCUT2D eigenvalue weighted by molar-refractivity contribution is 6.03. The lowest BCUT2D eigenvalue weighted by Crippen LogP contribution is -2.26. The molecule has 4 nitrogen and oxygen atoms in total. The Morgan fingerprint density at radius 1 is 1.44 bits per heavy atom. The maximum absolute atomic E-state index is 11.5. The first-order valence-corrected chi connectivity index (χ1v) is 4.93. The zero-order valence-corrected chi connectivity index (χ0v) is 8.64. The van der Waals surface area contributed by atoms with E-state index in [1.54, 1.807) is 17.0 Å². The summed E-state index contributed by atoms with van der Waals surface area (Å²) < 4.78 is 0. The highest BCUT2D eigenvalue weighted by Gasteiger charge is 2.23. The van der Waals surface area contributed by atoms with Crippen LogP contribution in [0.2, 0.25) is 0 Å². The lowest BCUT2D eigenvalue weighted by Gasteiger charge is -2.15. The molecule has 0 fully saturated rings. The van der Waals surface area contributed by atoms with Gasteiger partial charge in [0, 0.05) is 12.2 Å². The topological polar surface area (TPSA) is 57.6 Å². The van der Waals surface area contributed by atoms with E-state index in [4.69, 9.17) is 5.11 Å². The zero-order chi connectivity index (χ0) is 11.7. The molecule has 0 aromatic heterocycles. The molecule has 1 aliphatic heterocycles. The molecule has 0 saturated heterocycles. The van der Waals surface area contributed by atoms with Gasteiger partial charge in [0.05, 0.1) is 5.56 Å². The van der Waals surface area contributed by atoms with Crippen molar-refractivity contribution >= 4 is 17.6 Å². The van der Waals surface area contributed by atoms with Crippen LogP contribution in [-0.4, -0.2) is 23.5 Å². The van der Waals surface area contributed by atoms with Gasteiger partial charge in [-0.15, -0.1) is 0 Å². The number of fused-ring (bicyclic) bond motifs is 1. The molecule has 4 heteroatoms. The van der Waals surface area contributed by atoms with Crippen LogP contribution >= 0.6 is 0 Å². The van der Waals surface area contributed by atoms with Crippen molar-refractivity contribution in [2.24, 2.45) is 0 Å². The number of hydrogen-bond donors (Lipinski definition) is 1. The molecule has 1 aromatic rings. The largest absolute Gasteiger partial charge is 0.478 e. The minimum Gasteiger partial charge on any atom is -0.478 e. The van der Waals surface area contributed by atoms with E-state index in [1.165, 1.54) is 12.1 Å².